The highest BCUT2D eigenvalue weighted by Crippen LogP contribution is 2.36. The molecular weight excluding hydrogens is 369 g/mol. The van der Waals surface area contributed by atoms with Crippen LogP contribution in [0.3, 0.4) is 0 Å². The Morgan fingerprint density at radius 3 is 2.46 bits per heavy atom. The summed E-state index contributed by atoms with van der Waals surface area (Å²) in [7, 11) is 3.93. The van der Waals surface area contributed by atoms with Gasteiger partial charge >= 0.3 is 11.9 Å². The molecule has 0 bridgehead atoms. The van der Waals surface area contributed by atoms with Gasteiger partial charge < -0.3 is 23.8 Å². The van der Waals surface area contributed by atoms with Crippen LogP contribution in [0.2, 0.25) is 0 Å². The molecule has 1 heterocycles. The lowest BCUT2D eigenvalue weighted by Gasteiger charge is -2.25. The maximum absolute atomic E-state index is 14.8. The van der Waals surface area contributed by atoms with E-state index in [0.29, 0.717) is 13.0 Å². The van der Waals surface area contributed by atoms with E-state index in [1.807, 2.05) is 0 Å². The predicted molar refractivity (Wildman–Crippen MR) is 100 cm³/mol. The molecule has 1 aromatic carbocycles. The van der Waals surface area contributed by atoms with Crippen molar-refractivity contribution in [3.05, 3.63) is 59.7 Å². The Kier molecular flexibility index (Phi) is 7.76. The summed E-state index contributed by atoms with van der Waals surface area (Å²) in [5, 5.41) is 0. The van der Waals surface area contributed by atoms with Gasteiger partial charge in [-0.1, -0.05) is 12.1 Å². The van der Waals surface area contributed by atoms with Gasteiger partial charge in [-0.25, -0.2) is 14.0 Å². The van der Waals surface area contributed by atoms with E-state index in [2.05, 4.69) is 0 Å². The number of allylic oxidation sites excluding steroid dienone is 2. The van der Waals surface area contributed by atoms with E-state index in [9.17, 15) is 14.0 Å². The largest absolute Gasteiger partial charge is 0.491 e. The van der Waals surface area contributed by atoms with Gasteiger partial charge in [-0.3, -0.25) is 0 Å². The molecule has 2 rings (SSSR count). The van der Waals surface area contributed by atoms with E-state index in [-0.39, 0.29) is 29.3 Å². The summed E-state index contributed by atoms with van der Waals surface area (Å²) in [6.07, 6.45) is 6.53. The fourth-order valence-electron chi connectivity index (χ4n) is 2.57. The highest BCUT2D eigenvalue weighted by atomic mass is 19.1. The highest BCUT2D eigenvalue weighted by Gasteiger charge is 2.30. The van der Waals surface area contributed by atoms with Crippen molar-refractivity contribution in [3.8, 4) is 5.75 Å². The lowest BCUT2D eigenvalue weighted by molar-refractivity contribution is -0.139. The Labute approximate surface area is 162 Å². The molecule has 0 spiro atoms. The number of nitrogens with zero attached hydrogens (tertiary/aromatic N) is 1. The first-order valence-corrected chi connectivity index (χ1v) is 8.50. The fraction of sp³-hybridized carbons (Fsp3) is 0.300. The number of hydrogen-bond acceptors (Lipinski definition) is 7. The van der Waals surface area contributed by atoms with Crippen LogP contribution in [0.4, 0.5) is 10.1 Å². The summed E-state index contributed by atoms with van der Waals surface area (Å²) in [6.45, 7) is 0.763. The van der Waals surface area contributed by atoms with Crippen LogP contribution in [0.25, 0.3) is 0 Å². The third-order valence-corrected chi connectivity index (χ3v) is 3.83. The Bertz CT molecular complexity index is 815. The Balaban J connectivity index is 2.57. The number of benzene rings is 1. The zero-order valence-electron chi connectivity index (χ0n) is 15.9. The summed E-state index contributed by atoms with van der Waals surface area (Å²) in [5.74, 6) is -2.02. The van der Waals surface area contributed by atoms with E-state index in [0.717, 1.165) is 0 Å². The van der Waals surface area contributed by atoms with Crippen LogP contribution in [0, 0.1) is 5.82 Å². The monoisotopic (exact) mass is 391 g/mol. The number of carbonyl (C=O) groups excluding carboxylic acids is 2. The van der Waals surface area contributed by atoms with E-state index in [1.54, 1.807) is 19.3 Å². The second-order valence-corrected chi connectivity index (χ2v) is 5.60. The van der Waals surface area contributed by atoms with E-state index in [4.69, 9.17) is 18.9 Å². The summed E-state index contributed by atoms with van der Waals surface area (Å²) in [4.78, 5) is 25.9. The smallest absolute Gasteiger partial charge is 0.355 e. The topological polar surface area (TPSA) is 74.3 Å². The van der Waals surface area contributed by atoms with Gasteiger partial charge in [-0.05, 0) is 24.3 Å². The van der Waals surface area contributed by atoms with E-state index >= 15 is 0 Å². The predicted octanol–water partition coefficient (Wildman–Crippen LogP) is 2.73. The molecule has 0 aliphatic carbocycles. The van der Waals surface area contributed by atoms with Crippen molar-refractivity contribution in [2.75, 3.05) is 39.4 Å². The number of para-hydroxylation sites is 1. The van der Waals surface area contributed by atoms with Gasteiger partial charge in [-0.15, -0.1) is 0 Å². The van der Waals surface area contributed by atoms with Gasteiger partial charge in [0.15, 0.2) is 5.82 Å². The number of ether oxygens (including phenoxy) is 4. The molecule has 0 atom stereocenters. The normalized spacial score (nSPS) is 13.4. The summed E-state index contributed by atoms with van der Waals surface area (Å²) in [6, 6.07) is 4.30. The molecule has 1 aromatic rings. The molecular formula is C20H22FNO6. The van der Waals surface area contributed by atoms with Gasteiger partial charge in [0.05, 0.1) is 26.4 Å². The van der Waals surface area contributed by atoms with Crippen molar-refractivity contribution in [3.63, 3.8) is 0 Å². The SMILES string of the molecule is COCCCOc1cccc(F)c1N1C=CC=CC(C(=O)OC)=C1C(=O)OC. The van der Waals surface area contributed by atoms with Gasteiger partial charge in [0.2, 0.25) is 0 Å². The summed E-state index contributed by atoms with van der Waals surface area (Å²) >= 11 is 0. The molecule has 0 saturated carbocycles. The first-order valence-electron chi connectivity index (χ1n) is 8.50. The fourth-order valence-corrected chi connectivity index (χ4v) is 2.57. The van der Waals surface area contributed by atoms with Crippen molar-refractivity contribution in [2.45, 2.75) is 6.42 Å². The molecule has 7 nitrogen and oxygen atoms in total. The van der Waals surface area contributed by atoms with Crippen LogP contribution in [0.5, 0.6) is 5.75 Å². The van der Waals surface area contributed by atoms with Gasteiger partial charge in [0.25, 0.3) is 0 Å². The molecule has 0 unspecified atom stereocenters. The molecule has 150 valence electrons. The minimum absolute atomic E-state index is 0.0262. The van der Waals surface area contributed by atoms with Crippen molar-refractivity contribution >= 4 is 17.6 Å². The molecule has 1 aliphatic rings. The molecule has 0 fully saturated rings. The molecule has 0 radical (unpaired) electrons. The lowest BCUT2D eigenvalue weighted by Crippen LogP contribution is -2.28. The molecule has 28 heavy (non-hydrogen) atoms. The maximum Gasteiger partial charge on any atom is 0.355 e. The van der Waals surface area contributed by atoms with E-state index < -0.39 is 17.8 Å². The molecule has 0 N–H and O–H groups in total. The van der Waals surface area contributed by atoms with E-state index in [1.165, 1.54) is 49.6 Å². The Hall–Kier alpha value is -3.13. The van der Waals surface area contributed by atoms with Crippen molar-refractivity contribution in [2.24, 2.45) is 0 Å². The quantitative estimate of drug-likeness (QED) is 0.498. The summed E-state index contributed by atoms with van der Waals surface area (Å²) in [5.41, 5.74) is -0.291. The third kappa shape index (κ3) is 4.77. The standard InChI is InChI=1S/C20H22FNO6/c1-25-12-7-13-28-16-10-6-9-15(21)18(16)22-11-5-4-8-14(19(23)26-2)17(22)20(24)27-3/h4-6,8-11H,7,12-13H2,1-3H3. The minimum atomic E-state index is -0.829. The number of esters is 2. The first kappa shape index (κ1) is 21.2. The second-order valence-electron chi connectivity index (χ2n) is 5.60. The van der Waals surface area contributed by atoms with Crippen LogP contribution in [-0.2, 0) is 23.8 Å². The zero-order chi connectivity index (χ0) is 20.5. The average molecular weight is 391 g/mol. The number of anilines is 1. The summed E-state index contributed by atoms with van der Waals surface area (Å²) < 4.78 is 35.0. The van der Waals surface area contributed by atoms with Gasteiger partial charge in [-0.2, -0.15) is 0 Å². The molecule has 0 aromatic heterocycles. The Morgan fingerprint density at radius 2 is 1.79 bits per heavy atom. The number of rotatable bonds is 8. The van der Waals surface area contributed by atoms with Crippen molar-refractivity contribution in [1.29, 1.82) is 0 Å². The molecule has 1 aliphatic heterocycles. The number of halogens is 1. The zero-order valence-corrected chi connectivity index (χ0v) is 15.9. The van der Waals surface area contributed by atoms with Crippen LogP contribution < -0.4 is 9.64 Å². The van der Waals surface area contributed by atoms with Crippen LogP contribution in [0.1, 0.15) is 6.42 Å². The number of carbonyl (C=O) groups is 2. The van der Waals surface area contributed by atoms with Gasteiger partial charge in [0, 0.05) is 26.3 Å². The highest BCUT2D eigenvalue weighted by molar-refractivity contribution is 6.05. The first-order chi connectivity index (χ1) is 13.5. The Morgan fingerprint density at radius 1 is 1.04 bits per heavy atom. The number of methoxy groups -OCH3 is 3. The molecule has 0 amide bonds. The van der Waals surface area contributed by atoms with Crippen molar-refractivity contribution in [1.82, 2.24) is 0 Å². The molecule has 8 heteroatoms. The molecule has 0 saturated heterocycles. The average Bonchev–Trinajstić information content (AvgIpc) is 2.93. The lowest BCUT2D eigenvalue weighted by atomic mass is 10.1. The number of hydrogen-bond donors (Lipinski definition) is 0. The maximum atomic E-state index is 14.8. The minimum Gasteiger partial charge on any atom is -0.491 e. The van der Waals surface area contributed by atoms with Crippen LogP contribution in [-0.4, -0.2) is 46.5 Å². The van der Waals surface area contributed by atoms with Crippen LogP contribution in [0.15, 0.2) is 53.9 Å². The van der Waals surface area contributed by atoms with Gasteiger partial charge in [0.1, 0.15) is 17.1 Å². The third-order valence-electron chi connectivity index (χ3n) is 3.83. The second kappa shape index (κ2) is 10.3. The van der Waals surface area contributed by atoms with Crippen molar-refractivity contribution < 1.29 is 32.9 Å². The van der Waals surface area contributed by atoms with Crippen LogP contribution >= 0.6 is 0 Å².